The van der Waals surface area contributed by atoms with Gasteiger partial charge in [-0.05, 0) is 24.3 Å². The van der Waals surface area contributed by atoms with E-state index >= 15 is 0 Å². The molecule has 20 heavy (non-hydrogen) atoms. The summed E-state index contributed by atoms with van der Waals surface area (Å²) < 4.78 is 27.0. The maximum Gasteiger partial charge on any atom is 0.307 e. The molecule has 1 N–H and O–H groups in total. The van der Waals surface area contributed by atoms with E-state index < -0.39 is 33.7 Å². The Bertz CT molecular complexity index is 571. The van der Waals surface area contributed by atoms with Gasteiger partial charge < -0.3 is 5.32 Å². The molecule has 5 nitrogen and oxygen atoms in total. The number of hydrogen-bond acceptors (Lipinski definition) is 3. The van der Waals surface area contributed by atoms with Crippen LogP contribution in [0.15, 0.2) is 12.1 Å². The van der Waals surface area contributed by atoms with E-state index in [1.54, 1.807) is 0 Å². The van der Waals surface area contributed by atoms with Gasteiger partial charge in [-0.1, -0.05) is 13.3 Å². The predicted octanol–water partition coefficient (Wildman–Crippen LogP) is 2.79. The third kappa shape index (κ3) is 2.76. The lowest BCUT2D eigenvalue weighted by atomic mass is 9.70. The monoisotopic (exact) mass is 284 g/mol. The molecule has 0 saturated heterocycles. The molecule has 0 bridgehead atoms. The minimum atomic E-state index is -1.23. The average Bonchev–Trinajstić information content (AvgIpc) is 2.35. The Balaban J connectivity index is 2.13. The van der Waals surface area contributed by atoms with Gasteiger partial charge in [-0.2, -0.15) is 4.39 Å². The molecule has 1 aromatic carbocycles. The van der Waals surface area contributed by atoms with Crippen LogP contribution in [0.3, 0.4) is 0 Å². The molecule has 0 aliphatic heterocycles. The third-order valence-electron chi connectivity index (χ3n) is 3.71. The summed E-state index contributed by atoms with van der Waals surface area (Å²) in [5, 5.41) is 13.0. The largest absolute Gasteiger partial charge is 0.351 e. The zero-order valence-electron chi connectivity index (χ0n) is 10.9. The molecule has 0 atom stereocenters. The minimum absolute atomic E-state index is 0.00541. The normalized spacial score (nSPS) is 16.4. The number of halogens is 2. The zero-order valence-corrected chi connectivity index (χ0v) is 10.9. The van der Waals surface area contributed by atoms with Crippen molar-refractivity contribution in [2.24, 2.45) is 5.41 Å². The van der Waals surface area contributed by atoms with E-state index in [2.05, 4.69) is 5.32 Å². The van der Waals surface area contributed by atoms with E-state index in [9.17, 15) is 23.7 Å². The third-order valence-corrected chi connectivity index (χ3v) is 3.71. The Hall–Kier alpha value is -2.05. The number of rotatable bonds is 4. The first kappa shape index (κ1) is 14.4. The van der Waals surface area contributed by atoms with Gasteiger partial charge in [0.05, 0.1) is 16.6 Å². The fourth-order valence-corrected chi connectivity index (χ4v) is 2.20. The average molecular weight is 284 g/mol. The van der Waals surface area contributed by atoms with Gasteiger partial charge in [0.1, 0.15) is 5.82 Å². The molecular formula is C13H14F2N2O3. The summed E-state index contributed by atoms with van der Waals surface area (Å²) in [5.74, 6) is -3.09. The van der Waals surface area contributed by atoms with Gasteiger partial charge >= 0.3 is 5.69 Å². The second kappa shape index (κ2) is 5.15. The highest BCUT2D eigenvalue weighted by atomic mass is 19.1. The first-order valence-electron chi connectivity index (χ1n) is 6.24. The van der Waals surface area contributed by atoms with Crippen LogP contribution in [0, 0.1) is 27.2 Å². The molecule has 1 amide bonds. The van der Waals surface area contributed by atoms with Gasteiger partial charge in [-0.15, -0.1) is 0 Å². The first-order valence-corrected chi connectivity index (χ1v) is 6.24. The van der Waals surface area contributed by atoms with E-state index in [0.717, 1.165) is 19.3 Å². The zero-order chi connectivity index (χ0) is 14.9. The highest BCUT2D eigenvalue weighted by Crippen LogP contribution is 2.39. The Kier molecular flexibility index (Phi) is 3.69. The SMILES string of the molecule is CC1(CNC(=O)c2cc(F)c([N+](=O)[O-])cc2F)CCC1. The number of benzene rings is 1. The lowest BCUT2D eigenvalue weighted by Gasteiger charge is -2.38. The fraction of sp³-hybridized carbons (Fsp3) is 0.462. The molecule has 7 heteroatoms. The summed E-state index contributed by atoms with van der Waals surface area (Å²) in [6.45, 7) is 2.38. The maximum atomic E-state index is 13.6. The van der Waals surface area contributed by atoms with E-state index in [1.165, 1.54) is 0 Å². The second-order valence-electron chi connectivity index (χ2n) is 5.39. The highest BCUT2D eigenvalue weighted by molar-refractivity contribution is 5.94. The van der Waals surface area contributed by atoms with Crippen LogP contribution in [-0.2, 0) is 0 Å². The van der Waals surface area contributed by atoms with Crippen molar-refractivity contribution in [2.75, 3.05) is 6.54 Å². The predicted molar refractivity (Wildman–Crippen MR) is 67.3 cm³/mol. The van der Waals surface area contributed by atoms with Crippen LogP contribution in [0.25, 0.3) is 0 Å². The Morgan fingerprint density at radius 2 is 2.05 bits per heavy atom. The number of nitrogens with one attached hydrogen (secondary N) is 1. The topological polar surface area (TPSA) is 72.2 Å². The van der Waals surface area contributed by atoms with E-state index in [-0.39, 0.29) is 5.41 Å². The Labute approximate surface area is 114 Å². The van der Waals surface area contributed by atoms with E-state index in [0.29, 0.717) is 18.7 Å². The van der Waals surface area contributed by atoms with Crippen LogP contribution in [-0.4, -0.2) is 17.4 Å². The van der Waals surface area contributed by atoms with Crippen molar-refractivity contribution in [3.8, 4) is 0 Å². The molecule has 0 heterocycles. The summed E-state index contributed by atoms with van der Waals surface area (Å²) in [6, 6.07) is 0.987. The van der Waals surface area contributed by atoms with Crippen LogP contribution >= 0.6 is 0 Å². The van der Waals surface area contributed by atoms with Gasteiger partial charge in [-0.3, -0.25) is 14.9 Å². The van der Waals surface area contributed by atoms with Crippen molar-refractivity contribution in [3.63, 3.8) is 0 Å². The van der Waals surface area contributed by atoms with Gasteiger partial charge in [0.2, 0.25) is 5.82 Å². The molecule has 1 aliphatic carbocycles. The minimum Gasteiger partial charge on any atom is -0.351 e. The van der Waals surface area contributed by atoms with Crippen LogP contribution in [0.5, 0.6) is 0 Å². The Morgan fingerprint density at radius 1 is 1.40 bits per heavy atom. The number of nitrogens with zero attached hydrogens (tertiary/aromatic N) is 1. The molecule has 0 unspecified atom stereocenters. The van der Waals surface area contributed by atoms with Gasteiger partial charge in [0, 0.05) is 6.54 Å². The second-order valence-corrected chi connectivity index (χ2v) is 5.39. The molecule has 1 aromatic rings. The molecule has 0 spiro atoms. The molecule has 0 radical (unpaired) electrons. The van der Waals surface area contributed by atoms with Crippen molar-refractivity contribution in [1.82, 2.24) is 5.32 Å². The van der Waals surface area contributed by atoms with Crippen LogP contribution in [0.4, 0.5) is 14.5 Å². The molecule has 1 fully saturated rings. The van der Waals surface area contributed by atoms with Crippen molar-refractivity contribution in [3.05, 3.63) is 39.4 Å². The van der Waals surface area contributed by atoms with Crippen molar-refractivity contribution < 1.29 is 18.5 Å². The van der Waals surface area contributed by atoms with Crippen molar-refractivity contribution in [2.45, 2.75) is 26.2 Å². The summed E-state index contributed by atoms with van der Waals surface area (Å²) >= 11 is 0. The molecule has 108 valence electrons. The maximum absolute atomic E-state index is 13.6. The number of nitro groups is 1. The number of nitro benzene ring substituents is 1. The number of amides is 1. The Morgan fingerprint density at radius 3 is 2.55 bits per heavy atom. The molecule has 2 rings (SSSR count). The first-order chi connectivity index (χ1) is 9.32. The van der Waals surface area contributed by atoms with Crippen LogP contribution < -0.4 is 5.32 Å². The van der Waals surface area contributed by atoms with Gasteiger partial charge in [0.15, 0.2) is 0 Å². The lowest BCUT2D eigenvalue weighted by molar-refractivity contribution is -0.387. The summed E-state index contributed by atoms with van der Waals surface area (Å²) in [6.07, 6.45) is 3.04. The summed E-state index contributed by atoms with van der Waals surface area (Å²) in [7, 11) is 0. The number of carbonyl (C=O) groups is 1. The van der Waals surface area contributed by atoms with E-state index in [1.807, 2.05) is 6.92 Å². The molecule has 1 saturated carbocycles. The molecule has 1 aliphatic rings. The number of hydrogen-bond donors (Lipinski definition) is 1. The smallest absolute Gasteiger partial charge is 0.307 e. The van der Waals surface area contributed by atoms with Crippen molar-refractivity contribution >= 4 is 11.6 Å². The molecule has 0 aromatic heterocycles. The number of carbonyl (C=O) groups excluding carboxylic acids is 1. The van der Waals surface area contributed by atoms with Crippen molar-refractivity contribution in [1.29, 1.82) is 0 Å². The fourth-order valence-electron chi connectivity index (χ4n) is 2.20. The lowest BCUT2D eigenvalue weighted by Crippen LogP contribution is -2.40. The van der Waals surface area contributed by atoms with E-state index in [4.69, 9.17) is 0 Å². The van der Waals surface area contributed by atoms with Gasteiger partial charge in [0.25, 0.3) is 5.91 Å². The van der Waals surface area contributed by atoms with Gasteiger partial charge in [-0.25, -0.2) is 4.39 Å². The summed E-state index contributed by atoms with van der Waals surface area (Å²) in [5.41, 5.74) is -1.49. The van der Waals surface area contributed by atoms with Crippen LogP contribution in [0.2, 0.25) is 0 Å². The molecular weight excluding hydrogens is 270 g/mol. The van der Waals surface area contributed by atoms with Crippen LogP contribution in [0.1, 0.15) is 36.5 Å². The summed E-state index contributed by atoms with van der Waals surface area (Å²) in [4.78, 5) is 21.2. The standard InChI is InChI=1S/C13H14F2N2O3/c1-13(3-2-4-13)7-16-12(18)8-5-10(15)11(17(19)20)6-9(8)14/h5-6H,2-4,7H2,1H3,(H,16,18). The quantitative estimate of drug-likeness (QED) is 0.682. The highest BCUT2D eigenvalue weighted by Gasteiger charge is 2.32.